The molecule has 3 aliphatic rings. The molecule has 2 aromatic carbocycles. The van der Waals surface area contributed by atoms with E-state index in [1.165, 1.54) is 46.2 Å². The number of barbiturate groups is 1. The first-order valence-electron chi connectivity index (χ1n) is 12.0. The maximum absolute atomic E-state index is 13.3. The summed E-state index contributed by atoms with van der Waals surface area (Å²) in [5, 5.41) is 13.5. The van der Waals surface area contributed by atoms with Gasteiger partial charge < -0.3 is 24.2 Å². The number of nitrogens with zero attached hydrogens (tertiary/aromatic N) is 2. The molecule has 3 aliphatic heterocycles. The van der Waals surface area contributed by atoms with Gasteiger partial charge in [-0.15, -0.1) is 25.6 Å². The Labute approximate surface area is 236 Å². The largest absolute Gasteiger partial charge is 0.573 e. The summed E-state index contributed by atoms with van der Waals surface area (Å²) in [5.41, 5.74) is -2.60. The maximum atomic E-state index is 13.3. The van der Waals surface area contributed by atoms with Crippen molar-refractivity contribution >= 4 is 36.2 Å². The molecular weight excluding hydrogens is 577 g/mol. The Morgan fingerprint density at radius 2 is 1.46 bits per heavy atom. The predicted molar refractivity (Wildman–Crippen MR) is 134 cm³/mol. The molecule has 12 nitrogen and oxygen atoms in total. The minimum absolute atomic E-state index is 0. The predicted octanol–water partition coefficient (Wildman–Crippen LogP) is 1.27. The SMILES string of the molecule is Cl.O=C1NC(=O)C(c2ccc(Oc3ccc(OC(F)(F)F)cc3)cc2)(N2CC3(CN(C(=O)CO)CCO3)C2)C(=O)N1. The number of carbonyl (C=O) groups excluding carboxylic acids is 4. The van der Waals surface area contributed by atoms with Gasteiger partial charge in [0.05, 0.1) is 13.2 Å². The van der Waals surface area contributed by atoms with E-state index in [2.05, 4.69) is 15.4 Å². The zero-order valence-electron chi connectivity index (χ0n) is 21.1. The van der Waals surface area contributed by atoms with Gasteiger partial charge >= 0.3 is 12.4 Å². The first-order chi connectivity index (χ1) is 18.9. The van der Waals surface area contributed by atoms with Crippen molar-refractivity contribution in [1.29, 1.82) is 0 Å². The summed E-state index contributed by atoms with van der Waals surface area (Å²) in [5.74, 6) is -2.16. The van der Waals surface area contributed by atoms with Crippen LogP contribution < -0.4 is 20.1 Å². The van der Waals surface area contributed by atoms with Gasteiger partial charge in [-0.05, 0) is 42.0 Å². The quantitative estimate of drug-likeness (QED) is 0.417. The maximum Gasteiger partial charge on any atom is 0.573 e. The van der Waals surface area contributed by atoms with Crippen molar-refractivity contribution in [3.8, 4) is 17.2 Å². The molecule has 0 aromatic heterocycles. The fourth-order valence-electron chi connectivity index (χ4n) is 5.10. The number of aliphatic hydroxyl groups excluding tert-OH is 1. The Hall–Kier alpha value is -3.92. The number of nitrogens with one attached hydrogen (secondary N) is 2. The Morgan fingerprint density at radius 1 is 0.927 bits per heavy atom. The molecule has 3 saturated heterocycles. The van der Waals surface area contributed by atoms with Crippen LogP contribution >= 0.6 is 12.4 Å². The number of imide groups is 2. The van der Waals surface area contributed by atoms with Crippen molar-refractivity contribution < 1.29 is 51.7 Å². The number of carbonyl (C=O) groups is 4. The molecule has 0 radical (unpaired) electrons. The van der Waals surface area contributed by atoms with E-state index in [1.54, 1.807) is 0 Å². The average molecular weight is 601 g/mol. The van der Waals surface area contributed by atoms with Crippen LogP contribution in [-0.4, -0.2) is 90.0 Å². The van der Waals surface area contributed by atoms with E-state index in [0.29, 0.717) is 6.54 Å². The van der Waals surface area contributed by atoms with Crippen LogP contribution in [0.1, 0.15) is 5.56 Å². The number of hydrogen-bond donors (Lipinski definition) is 3. The monoisotopic (exact) mass is 600 g/mol. The molecule has 5 amide bonds. The molecule has 1 spiro atoms. The molecule has 220 valence electrons. The fraction of sp³-hybridized carbons (Fsp3) is 0.360. The molecule has 16 heteroatoms. The van der Waals surface area contributed by atoms with Crippen LogP contribution in [-0.2, 0) is 24.7 Å². The summed E-state index contributed by atoms with van der Waals surface area (Å²) in [4.78, 5) is 53.4. The van der Waals surface area contributed by atoms with E-state index in [0.717, 1.165) is 12.1 Å². The van der Waals surface area contributed by atoms with Crippen LogP contribution in [0.15, 0.2) is 48.5 Å². The van der Waals surface area contributed by atoms with Crippen molar-refractivity contribution in [2.24, 2.45) is 0 Å². The third kappa shape index (κ3) is 5.79. The molecule has 0 atom stereocenters. The zero-order valence-corrected chi connectivity index (χ0v) is 21.9. The van der Waals surface area contributed by atoms with Gasteiger partial charge in [-0.2, -0.15) is 0 Å². The number of urea groups is 1. The van der Waals surface area contributed by atoms with Gasteiger partial charge in [0.2, 0.25) is 11.4 Å². The summed E-state index contributed by atoms with van der Waals surface area (Å²) in [6.45, 7) is 0.140. The smallest absolute Gasteiger partial charge is 0.457 e. The first-order valence-corrected chi connectivity index (χ1v) is 12.0. The summed E-state index contributed by atoms with van der Waals surface area (Å²) in [6.07, 6.45) is -4.83. The molecule has 0 unspecified atom stereocenters. The lowest BCUT2D eigenvalue weighted by Gasteiger charge is -2.58. The van der Waals surface area contributed by atoms with Gasteiger partial charge in [0.15, 0.2) is 0 Å². The van der Waals surface area contributed by atoms with Crippen LogP contribution in [0.25, 0.3) is 0 Å². The van der Waals surface area contributed by atoms with E-state index < -0.39 is 53.6 Å². The number of morpholine rings is 1. The summed E-state index contributed by atoms with van der Waals surface area (Å²) >= 11 is 0. The second kappa shape index (κ2) is 11.2. The van der Waals surface area contributed by atoms with Crippen LogP contribution in [0, 0.1) is 0 Å². The van der Waals surface area contributed by atoms with Crippen molar-refractivity contribution in [1.82, 2.24) is 20.4 Å². The number of rotatable bonds is 6. The first kappa shape index (κ1) is 30.0. The Bertz CT molecular complexity index is 1310. The molecule has 3 N–H and O–H groups in total. The minimum atomic E-state index is -4.83. The highest BCUT2D eigenvalue weighted by molar-refractivity contribution is 6.22. The van der Waals surface area contributed by atoms with E-state index in [-0.39, 0.29) is 55.7 Å². The Balaban J connectivity index is 0.00000387. The van der Waals surface area contributed by atoms with Crippen molar-refractivity contribution in [2.75, 3.05) is 39.4 Å². The number of benzene rings is 2. The van der Waals surface area contributed by atoms with Gasteiger partial charge in [-0.1, -0.05) is 12.1 Å². The second-order valence-electron chi connectivity index (χ2n) is 9.45. The molecule has 0 bridgehead atoms. The summed E-state index contributed by atoms with van der Waals surface area (Å²) < 4.78 is 52.5. The Morgan fingerprint density at radius 3 is 2.00 bits per heavy atom. The Kier molecular flexibility index (Phi) is 8.18. The third-order valence-electron chi connectivity index (χ3n) is 6.85. The van der Waals surface area contributed by atoms with Gasteiger partial charge in [0, 0.05) is 19.6 Å². The van der Waals surface area contributed by atoms with Crippen LogP contribution in [0.4, 0.5) is 18.0 Å². The van der Waals surface area contributed by atoms with E-state index in [9.17, 15) is 37.5 Å². The molecule has 2 aromatic rings. The number of halogens is 4. The lowest BCUT2D eigenvalue weighted by Crippen LogP contribution is -2.80. The number of amides is 5. The summed E-state index contributed by atoms with van der Waals surface area (Å²) in [7, 11) is 0. The topological polar surface area (TPSA) is 147 Å². The van der Waals surface area contributed by atoms with Crippen molar-refractivity contribution in [3.63, 3.8) is 0 Å². The van der Waals surface area contributed by atoms with Gasteiger partial charge in [-0.25, -0.2) is 4.79 Å². The third-order valence-corrected chi connectivity index (χ3v) is 6.85. The van der Waals surface area contributed by atoms with Gasteiger partial charge in [0.25, 0.3) is 11.8 Å². The van der Waals surface area contributed by atoms with Crippen LogP contribution in [0.2, 0.25) is 0 Å². The van der Waals surface area contributed by atoms with E-state index >= 15 is 0 Å². The summed E-state index contributed by atoms with van der Waals surface area (Å²) in [6, 6.07) is 9.60. The van der Waals surface area contributed by atoms with Gasteiger partial charge in [0.1, 0.15) is 29.5 Å². The highest BCUT2D eigenvalue weighted by Crippen LogP contribution is 2.41. The highest BCUT2D eigenvalue weighted by Gasteiger charge is 2.63. The van der Waals surface area contributed by atoms with E-state index in [4.69, 9.17) is 9.47 Å². The molecule has 0 saturated carbocycles. The molecule has 3 heterocycles. The van der Waals surface area contributed by atoms with Crippen LogP contribution in [0.3, 0.4) is 0 Å². The standard InChI is InChI=1S/C25H23F3N4O8.ClH/c26-25(27,28)40-18-7-5-17(6-8-18)39-16-3-1-15(2-4-16)24(20(35)29-22(37)30-21(24)36)32-13-23(14-32)12-31(9-10-38-23)19(34)11-33;/h1-8,33H,9-14H2,(H2,29,30,35,36,37);1H. The minimum Gasteiger partial charge on any atom is -0.457 e. The number of hydrogen-bond acceptors (Lipinski definition) is 9. The molecule has 0 aliphatic carbocycles. The van der Waals surface area contributed by atoms with Crippen molar-refractivity contribution in [3.05, 3.63) is 54.1 Å². The van der Waals surface area contributed by atoms with E-state index in [1.807, 2.05) is 0 Å². The number of ether oxygens (including phenoxy) is 3. The highest BCUT2D eigenvalue weighted by atomic mass is 35.5. The van der Waals surface area contributed by atoms with Gasteiger partial charge in [-0.3, -0.25) is 29.9 Å². The molecule has 5 rings (SSSR count). The number of aliphatic hydroxyl groups is 1. The number of likely N-dealkylation sites (tertiary alicyclic amines) is 1. The lowest BCUT2D eigenvalue weighted by molar-refractivity contribution is -0.274. The van der Waals surface area contributed by atoms with Crippen molar-refractivity contribution in [2.45, 2.75) is 17.5 Å². The van der Waals surface area contributed by atoms with Crippen LogP contribution in [0.5, 0.6) is 17.2 Å². The average Bonchev–Trinajstić information content (AvgIpc) is 2.88. The number of alkyl halides is 3. The lowest BCUT2D eigenvalue weighted by atomic mass is 9.78. The molecular formula is C25H24ClF3N4O8. The second-order valence-corrected chi connectivity index (χ2v) is 9.45. The molecule has 3 fully saturated rings. The zero-order chi connectivity index (χ0) is 28.7. The normalized spacial score (nSPS) is 19.9. The molecule has 41 heavy (non-hydrogen) atoms. The fourth-order valence-corrected chi connectivity index (χ4v) is 5.10.